The van der Waals surface area contributed by atoms with E-state index in [9.17, 15) is 0 Å². The number of hydrogen-bond acceptors (Lipinski definition) is 3. The second-order valence-corrected chi connectivity index (χ2v) is 14.9. The summed E-state index contributed by atoms with van der Waals surface area (Å²) in [6.45, 7) is 0. The molecule has 11 rings (SSSR count). The zero-order chi connectivity index (χ0) is 39.1. The van der Waals surface area contributed by atoms with Crippen molar-refractivity contribution >= 4 is 77.6 Å². The first kappa shape index (κ1) is 34.4. The molecular formula is C56H38N2O. The van der Waals surface area contributed by atoms with Gasteiger partial charge in [-0.05, 0) is 118 Å². The van der Waals surface area contributed by atoms with Gasteiger partial charge in [0.05, 0.1) is 5.69 Å². The molecule has 0 unspecified atom stereocenters. The van der Waals surface area contributed by atoms with E-state index in [1.54, 1.807) is 0 Å². The van der Waals surface area contributed by atoms with Crippen molar-refractivity contribution in [3.8, 4) is 22.3 Å². The molecule has 0 saturated heterocycles. The molecule has 0 aliphatic heterocycles. The fourth-order valence-electron chi connectivity index (χ4n) is 8.70. The summed E-state index contributed by atoms with van der Waals surface area (Å²) in [5.41, 5.74) is 13.0. The molecule has 0 saturated carbocycles. The van der Waals surface area contributed by atoms with Gasteiger partial charge in [-0.25, -0.2) is 0 Å². The Morgan fingerprint density at radius 1 is 0.288 bits per heavy atom. The number of anilines is 6. The molecule has 0 atom stereocenters. The summed E-state index contributed by atoms with van der Waals surface area (Å²) in [5, 5.41) is 6.92. The van der Waals surface area contributed by atoms with Crippen LogP contribution in [0.5, 0.6) is 0 Å². The standard InChI is InChI=1S/C56H38N2O/c1-5-17-40(18-6-1)47-25-15-16-28-53(47)58(44-23-11-4-12-24-44)45-32-29-39(30-33-45)41-31-35-51-54(37-41)59-56-50-36-34-46(38-52(50)48-26-13-14-27-49(48)55(51)56)57(42-19-7-2-8-20-42)43-21-9-3-10-22-43/h1-38H. The van der Waals surface area contributed by atoms with Crippen molar-refractivity contribution < 1.29 is 4.42 Å². The Kier molecular flexibility index (Phi) is 8.49. The molecule has 0 N–H and O–H groups in total. The van der Waals surface area contributed by atoms with Gasteiger partial charge >= 0.3 is 0 Å². The first-order valence-corrected chi connectivity index (χ1v) is 20.1. The van der Waals surface area contributed by atoms with Crippen molar-refractivity contribution in [3.05, 3.63) is 231 Å². The molecule has 0 radical (unpaired) electrons. The van der Waals surface area contributed by atoms with Crippen LogP contribution >= 0.6 is 0 Å². The van der Waals surface area contributed by atoms with Crippen LogP contribution in [0.1, 0.15) is 0 Å². The average molecular weight is 755 g/mol. The molecule has 0 aliphatic carbocycles. The third kappa shape index (κ3) is 6.08. The molecule has 11 aromatic rings. The Morgan fingerprint density at radius 3 is 1.47 bits per heavy atom. The monoisotopic (exact) mass is 754 g/mol. The third-order valence-electron chi connectivity index (χ3n) is 11.4. The first-order valence-electron chi connectivity index (χ1n) is 20.1. The zero-order valence-corrected chi connectivity index (χ0v) is 32.2. The number of hydrogen-bond donors (Lipinski definition) is 0. The molecule has 59 heavy (non-hydrogen) atoms. The summed E-state index contributed by atoms with van der Waals surface area (Å²) < 4.78 is 6.92. The van der Waals surface area contributed by atoms with Crippen molar-refractivity contribution in [1.29, 1.82) is 0 Å². The van der Waals surface area contributed by atoms with Gasteiger partial charge in [-0.3, -0.25) is 0 Å². The molecule has 0 fully saturated rings. The van der Waals surface area contributed by atoms with Gasteiger partial charge in [0, 0.05) is 50.2 Å². The molecule has 0 spiro atoms. The van der Waals surface area contributed by atoms with Crippen molar-refractivity contribution in [2.75, 3.05) is 9.80 Å². The normalized spacial score (nSPS) is 11.4. The fourth-order valence-corrected chi connectivity index (χ4v) is 8.70. The molecule has 0 bridgehead atoms. The van der Waals surface area contributed by atoms with E-state index in [-0.39, 0.29) is 0 Å². The van der Waals surface area contributed by atoms with Gasteiger partial charge in [-0.1, -0.05) is 146 Å². The molecule has 0 aliphatic rings. The summed E-state index contributed by atoms with van der Waals surface area (Å²) in [4.78, 5) is 4.66. The van der Waals surface area contributed by atoms with E-state index < -0.39 is 0 Å². The van der Waals surface area contributed by atoms with Gasteiger partial charge in [-0.15, -0.1) is 0 Å². The number of nitrogens with zero attached hydrogens (tertiary/aromatic N) is 2. The lowest BCUT2D eigenvalue weighted by atomic mass is 9.95. The maximum atomic E-state index is 6.92. The van der Waals surface area contributed by atoms with Crippen LogP contribution in [0, 0.1) is 0 Å². The maximum Gasteiger partial charge on any atom is 0.143 e. The summed E-state index contributed by atoms with van der Waals surface area (Å²) in [6.07, 6.45) is 0. The molecule has 3 nitrogen and oxygen atoms in total. The quantitative estimate of drug-likeness (QED) is 0.144. The van der Waals surface area contributed by atoms with Crippen molar-refractivity contribution in [3.63, 3.8) is 0 Å². The summed E-state index contributed by atoms with van der Waals surface area (Å²) in [5.74, 6) is 0. The van der Waals surface area contributed by atoms with Crippen LogP contribution in [0.3, 0.4) is 0 Å². The summed E-state index contributed by atoms with van der Waals surface area (Å²) in [6, 6.07) is 82.0. The van der Waals surface area contributed by atoms with Crippen LogP contribution in [0.15, 0.2) is 235 Å². The molecular weight excluding hydrogens is 717 g/mol. The van der Waals surface area contributed by atoms with Gasteiger partial charge in [-0.2, -0.15) is 0 Å². The van der Waals surface area contributed by atoms with E-state index in [2.05, 4.69) is 240 Å². The van der Waals surface area contributed by atoms with Crippen LogP contribution in [0.4, 0.5) is 34.1 Å². The SMILES string of the molecule is c1ccc(-c2ccccc2N(c2ccccc2)c2ccc(-c3ccc4c(c3)oc3c5ccc(N(c6ccccc6)c6ccccc6)cc5c5ccccc5c43)cc2)cc1. The van der Waals surface area contributed by atoms with E-state index in [1.807, 2.05) is 0 Å². The van der Waals surface area contributed by atoms with Crippen LogP contribution in [0.25, 0.3) is 65.7 Å². The number of fused-ring (bicyclic) bond motifs is 8. The van der Waals surface area contributed by atoms with Crippen molar-refractivity contribution in [2.24, 2.45) is 0 Å². The summed E-state index contributed by atoms with van der Waals surface area (Å²) in [7, 11) is 0. The van der Waals surface area contributed by atoms with E-state index in [0.29, 0.717) is 0 Å². The van der Waals surface area contributed by atoms with Gasteiger partial charge in [0.1, 0.15) is 11.2 Å². The minimum atomic E-state index is 0.876. The van der Waals surface area contributed by atoms with E-state index in [1.165, 1.54) is 21.9 Å². The smallest absolute Gasteiger partial charge is 0.143 e. The van der Waals surface area contributed by atoms with Gasteiger partial charge in [0.2, 0.25) is 0 Å². The molecule has 278 valence electrons. The molecule has 1 aromatic heterocycles. The topological polar surface area (TPSA) is 19.6 Å². The number of furan rings is 1. The van der Waals surface area contributed by atoms with Crippen molar-refractivity contribution in [1.82, 2.24) is 0 Å². The van der Waals surface area contributed by atoms with E-state index in [4.69, 9.17) is 4.42 Å². The first-order chi connectivity index (χ1) is 29.3. The Morgan fingerprint density at radius 2 is 0.797 bits per heavy atom. The Balaban J connectivity index is 1.01. The maximum absolute atomic E-state index is 6.92. The lowest BCUT2D eigenvalue weighted by Crippen LogP contribution is -2.11. The van der Waals surface area contributed by atoms with Crippen molar-refractivity contribution in [2.45, 2.75) is 0 Å². The van der Waals surface area contributed by atoms with Crippen LogP contribution in [-0.4, -0.2) is 0 Å². The predicted molar refractivity (Wildman–Crippen MR) is 249 cm³/mol. The third-order valence-corrected chi connectivity index (χ3v) is 11.4. The number of rotatable bonds is 8. The predicted octanol–water partition coefficient (Wildman–Crippen LogP) is 16.2. The fraction of sp³-hybridized carbons (Fsp3) is 0. The second-order valence-electron chi connectivity index (χ2n) is 14.9. The summed E-state index contributed by atoms with van der Waals surface area (Å²) >= 11 is 0. The Labute approximate surface area is 343 Å². The highest BCUT2D eigenvalue weighted by Gasteiger charge is 2.20. The largest absolute Gasteiger partial charge is 0.455 e. The highest BCUT2D eigenvalue weighted by Crippen LogP contribution is 2.45. The molecule has 1 heterocycles. The highest BCUT2D eigenvalue weighted by molar-refractivity contribution is 6.30. The molecule has 3 heteroatoms. The second kappa shape index (κ2) is 14.6. The lowest BCUT2D eigenvalue weighted by molar-refractivity contribution is 0.673. The van der Waals surface area contributed by atoms with E-state index in [0.717, 1.165) is 78.0 Å². The van der Waals surface area contributed by atoms with Crippen LogP contribution in [0.2, 0.25) is 0 Å². The van der Waals surface area contributed by atoms with Gasteiger partial charge in [0.25, 0.3) is 0 Å². The highest BCUT2D eigenvalue weighted by atomic mass is 16.3. The number of benzene rings is 10. The Hall–Kier alpha value is -7.88. The Bertz CT molecular complexity index is 3210. The minimum Gasteiger partial charge on any atom is -0.455 e. The zero-order valence-electron chi connectivity index (χ0n) is 32.2. The average Bonchev–Trinajstić information content (AvgIpc) is 3.70. The van der Waals surface area contributed by atoms with Gasteiger partial charge in [0.15, 0.2) is 0 Å². The lowest BCUT2D eigenvalue weighted by Gasteiger charge is -2.28. The molecule has 0 amide bonds. The van der Waals surface area contributed by atoms with E-state index >= 15 is 0 Å². The van der Waals surface area contributed by atoms with Crippen LogP contribution < -0.4 is 9.80 Å². The number of para-hydroxylation sites is 4. The molecule has 10 aromatic carbocycles. The minimum absolute atomic E-state index is 0.876. The van der Waals surface area contributed by atoms with Gasteiger partial charge < -0.3 is 14.2 Å². The van der Waals surface area contributed by atoms with Crippen LogP contribution in [-0.2, 0) is 0 Å².